The zero-order valence-corrected chi connectivity index (χ0v) is 7.32. The molecule has 0 bridgehead atoms. The van der Waals surface area contributed by atoms with Gasteiger partial charge in [0.05, 0.1) is 24.9 Å². The van der Waals surface area contributed by atoms with E-state index in [1.807, 2.05) is 13.8 Å². The van der Waals surface area contributed by atoms with Crippen LogP contribution in [-0.2, 0) is 4.74 Å². The molecule has 0 amide bonds. The molecule has 1 aromatic heterocycles. The van der Waals surface area contributed by atoms with E-state index in [1.165, 1.54) is 0 Å². The van der Waals surface area contributed by atoms with Crippen molar-refractivity contribution in [2.75, 3.05) is 6.61 Å². The van der Waals surface area contributed by atoms with E-state index >= 15 is 0 Å². The summed E-state index contributed by atoms with van der Waals surface area (Å²) in [6.45, 7) is 4.41. The minimum Gasteiger partial charge on any atom is -0.377 e. The molecule has 1 rings (SSSR count). The summed E-state index contributed by atoms with van der Waals surface area (Å²) in [7, 11) is 0. The molecule has 0 aromatic carbocycles. The molecule has 3 N–H and O–H groups in total. The molecule has 0 radical (unpaired) electrons. The second-order valence-electron chi connectivity index (χ2n) is 2.88. The number of aromatic nitrogens is 3. The maximum Gasteiger partial charge on any atom is 0.101 e. The highest BCUT2D eigenvalue weighted by atomic mass is 16.5. The van der Waals surface area contributed by atoms with E-state index in [9.17, 15) is 0 Å². The van der Waals surface area contributed by atoms with Crippen molar-refractivity contribution in [1.82, 2.24) is 15.4 Å². The van der Waals surface area contributed by atoms with E-state index < -0.39 is 0 Å². The minimum absolute atomic E-state index is 0.189. The fourth-order valence-corrected chi connectivity index (χ4v) is 0.771. The molecule has 0 fully saturated rings. The number of H-pyrrole nitrogens is 1. The first-order chi connectivity index (χ1) is 5.70. The second-order valence-corrected chi connectivity index (χ2v) is 2.88. The number of hydrogen-bond donors (Lipinski definition) is 2. The van der Waals surface area contributed by atoms with E-state index in [-0.39, 0.29) is 12.1 Å². The molecule has 68 valence electrons. The number of nitrogens with two attached hydrogens (primary N) is 1. The Labute approximate surface area is 71.3 Å². The lowest BCUT2D eigenvalue weighted by molar-refractivity contribution is 0.0676. The van der Waals surface area contributed by atoms with Gasteiger partial charge in [0.25, 0.3) is 0 Å². The van der Waals surface area contributed by atoms with Gasteiger partial charge in [0.2, 0.25) is 0 Å². The van der Waals surface area contributed by atoms with Gasteiger partial charge in [0.15, 0.2) is 0 Å². The van der Waals surface area contributed by atoms with Crippen LogP contribution in [-0.4, -0.2) is 28.1 Å². The van der Waals surface area contributed by atoms with Crippen LogP contribution >= 0.6 is 0 Å². The second kappa shape index (κ2) is 4.18. The molecular formula is C7H14N4O. The van der Waals surface area contributed by atoms with Crippen LogP contribution in [0, 0.1) is 0 Å². The summed E-state index contributed by atoms with van der Waals surface area (Å²) in [5.74, 6) is 0. The van der Waals surface area contributed by atoms with Crippen LogP contribution in [0.3, 0.4) is 0 Å². The number of nitrogens with one attached hydrogen (secondary N) is 1. The number of nitrogens with zero attached hydrogens (tertiary/aromatic N) is 2. The van der Waals surface area contributed by atoms with Crippen LogP contribution in [0.2, 0.25) is 0 Å². The van der Waals surface area contributed by atoms with Gasteiger partial charge in [-0.3, -0.25) is 0 Å². The maximum absolute atomic E-state index is 5.74. The number of rotatable bonds is 4. The van der Waals surface area contributed by atoms with Crippen LogP contribution in [0.15, 0.2) is 6.20 Å². The molecule has 0 spiro atoms. The van der Waals surface area contributed by atoms with Gasteiger partial charge >= 0.3 is 0 Å². The first-order valence-corrected chi connectivity index (χ1v) is 3.93. The topological polar surface area (TPSA) is 76.8 Å². The molecule has 1 atom stereocenters. The van der Waals surface area contributed by atoms with Crippen molar-refractivity contribution in [3.05, 3.63) is 11.9 Å². The molecule has 0 aliphatic carbocycles. The van der Waals surface area contributed by atoms with Crippen LogP contribution in [0.5, 0.6) is 0 Å². The van der Waals surface area contributed by atoms with Gasteiger partial charge in [-0.15, -0.1) is 0 Å². The lowest BCUT2D eigenvalue weighted by Crippen LogP contribution is -2.19. The third-order valence-corrected chi connectivity index (χ3v) is 1.42. The van der Waals surface area contributed by atoms with Crippen molar-refractivity contribution in [3.8, 4) is 0 Å². The van der Waals surface area contributed by atoms with E-state index in [4.69, 9.17) is 10.5 Å². The Kier molecular flexibility index (Phi) is 3.19. The van der Waals surface area contributed by atoms with Crippen LogP contribution < -0.4 is 5.73 Å². The molecular weight excluding hydrogens is 156 g/mol. The standard InChI is InChI=1S/C7H14N4O/c1-5(2)12-4-6(8)7-3-9-11-10-7/h3,5-6H,4,8H2,1-2H3,(H,9,10,11). The third-order valence-electron chi connectivity index (χ3n) is 1.42. The lowest BCUT2D eigenvalue weighted by atomic mass is 10.2. The molecule has 5 heteroatoms. The van der Waals surface area contributed by atoms with E-state index in [1.54, 1.807) is 6.20 Å². The Hall–Kier alpha value is -0.940. The van der Waals surface area contributed by atoms with Crippen LogP contribution in [0.25, 0.3) is 0 Å². The van der Waals surface area contributed by atoms with Crippen molar-refractivity contribution >= 4 is 0 Å². The smallest absolute Gasteiger partial charge is 0.101 e. The molecule has 0 aliphatic heterocycles. The number of ether oxygens (including phenoxy) is 1. The third kappa shape index (κ3) is 2.60. The van der Waals surface area contributed by atoms with Crippen LogP contribution in [0.4, 0.5) is 0 Å². The SMILES string of the molecule is CC(C)OCC(N)c1cn[nH]n1. The van der Waals surface area contributed by atoms with Crippen molar-refractivity contribution in [1.29, 1.82) is 0 Å². The normalized spacial score (nSPS) is 13.7. The summed E-state index contributed by atoms with van der Waals surface area (Å²) in [4.78, 5) is 0. The van der Waals surface area contributed by atoms with Gasteiger partial charge in [-0.25, -0.2) is 0 Å². The first-order valence-electron chi connectivity index (χ1n) is 3.93. The summed E-state index contributed by atoms with van der Waals surface area (Å²) >= 11 is 0. The highest BCUT2D eigenvalue weighted by Crippen LogP contribution is 2.05. The maximum atomic E-state index is 5.74. The Morgan fingerprint density at radius 2 is 2.42 bits per heavy atom. The fourth-order valence-electron chi connectivity index (χ4n) is 0.771. The average molecular weight is 170 g/mol. The Balaban J connectivity index is 2.34. The molecule has 0 saturated carbocycles. The summed E-state index contributed by atoms with van der Waals surface area (Å²) in [5.41, 5.74) is 6.47. The largest absolute Gasteiger partial charge is 0.377 e. The monoisotopic (exact) mass is 170 g/mol. The van der Waals surface area contributed by atoms with Gasteiger partial charge < -0.3 is 10.5 Å². The van der Waals surface area contributed by atoms with Gasteiger partial charge in [-0.1, -0.05) is 0 Å². The Bertz CT molecular complexity index is 209. The molecule has 1 aromatic rings. The predicted molar refractivity (Wildman–Crippen MR) is 44.4 cm³/mol. The van der Waals surface area contributed by atoms with Crippen molar-refractivity contribution in [3.63, 3.8) is 0 Å². The molecule has 12 heavy (non-hydrogen) atoms. The zero-order valence-electron chi connectivity index (χ0n) is 7.32. The lowest BCUT2D eigenvalue weighted by Gasteiger charge is -2.11. The quantitative estimate of drug-likeness (QED) is 0.678. The summed E-state index contributed by atoms with van der Waals surface area (Å²) in [6.07, 6.45) is 1.80. The molecule has 0 aliphatic rings. The summed E-state index contributed by atoms with van der Waals surface area (Å²) < 4.78 is 5.32. The first kappa shape index (κ1) is 9.15. The molecule has 5 nitrogen and oxygen atoms in total. The predicted octanol–water partition coefficient (Wildman–Crippen LogP) is 0.229. The average Bonchev–Trinajstić information content (AvgIpc) is 2.51. The van der Waals surface area contributed by atoms with Gasteiger partial charge in [0, 0.05) is 0 Å². The van der Waals surface area contributed by atoms with E-state index in [2.05, 4.69) is 15.4 Å². The molecule has 0 saturated heterocycles. The minimum atomic E-state index is -0.189. The van der Waals surface area contributed by atoms with Gasteiger partial charge in [-0.05, 0) is 13.8 Å². The van der Waals surface area contributed by atoms with Crippen molar-refractivity contribution < 1.29 is 4.74 Å². The highest BCUT2D eigenvalue weighted by molar-refractivity contribution is 4.97. The highest BCUT2D eigenvalue weighted by Gasteiger charge is 2.09. The van der Waals surface area contributed by atoms with E-state index in [0.717, 1.165) is 5.69 Å². The number of hydrogen-bond acceptors (Lipinski definition) is 4. The molecule has 1 unspecified atom stereocenters. The fraction of sp³-hybridized carbons (Fsp3) is 0.714. The Morgan fingerprint density at radius 3 is 2.92 bits per heavy atom. The van der Waals surface area contributed by atoms with Crippen molar-refractivity contribution in [2.24, 2.45) is 5.73 Å². The summed E-state index contributed by atoms with van der Waals surface area (Å²) in [5, 5.41) is 10.0. The summed E-state index contributed by atoms with van der Waals surface area (Å²) in [6, 6.07) is -0.189. The van der Waals surface area contributed by atoms with E-state index in [0.29, 0.717) is 6.61 Å². The van der Waals surface area contributed by atoms with Crippen LogP contribution in [0.1, 0.15) is 25.6 Å². The Morgan fingerprint density at radius 1 is 1.67 bits per heavy atom. The molecule has 1 heterocycles. The van der Waals surface area contributed by atoms with Gasteiger partial charge in [0.1, 0.15) is 5.69 Å². The van der Waals surface area contributed by atoms with Gasteiger partial charge in [-0.2, -0.15) is 15.4 Å². The number of aromatic amines is 1. The van der Waals surface area contributed by atoms with Crippen molar-refractivity contribution in [2.45, 2.75) is 26.0 Å². The zero-order chi connectivity index (χ0) is 8.97.